The topological polar surface area (TPSA) is 322 Å². The summed E-state index contributed by atoms with van der Waals surface area (Å²) < 4.78 is 24.8. The third kappa shape index (κ3) is 22.9. The molecule has 4 N–H and O–H groups in total. The molecule has 144 heavy (non-hydrogen) atoms. The summed E-state index contributed by atoms with van der Waals surface area (Å²) >= 11 is 15.0. The fraction of sp³-hybridized carbons (Fsp3) is 0.423. The van der Waals surface area contributed by atoms with Gasteiger partial charge in [-0.25, -0.2) is 39.9 Å². The summed E-state index contributed by atoms with van der Waals surface area (Å²) in [6, 6.07) is 42.9. The Bertz CT molecular complexity index is 6170. The molecule has 0 spiro atoms. The number of pyridine rings is 4. The maximum Gasteiger partial charge on any atom is 0.180 e. The van der Waals surface area contributed by atoms with E-state index in [1.807, 2.05) is 76.7 Å². The quantitative estimate of drug-likeness (QED) is 0.0551. The van der Waals surface area contributed by atoms with E-state index in [0.29, 0.717) is 0 Å². The summed E-state index contributed by atoms with van der Waals surface area (Å²) in [5.74, 6) is 6.82. The van der Waals surface area contributed by atoms with Crippen molar-refractivity contribution in [2.45, 2.75) is 53.9 Å². The van der Waals surface area contributed by atoms with Gasteiger partial charge in [0.2, 0.25) is 0 Å². The molecule has 16 aromatic rings. The molecule has 8 aliphatic heterocycles. The Labute approximate surface area is 871 Å². The molecule has 752 valence electrons. The van der Waals surface area contributed by atoms with Gasteiger partial charge >= 0.3 is 0 Å². The smallest absolute Gasteiger partial charge is 0.180 e. The number of nitrogens with one attached hydrogen (secondary N) is 4. The number of fused-ring (bicyclic) bond motifs is 4. The molecule has 12 aromatic heterocycles. The lowest BCUT2D eigenvalue weighted by atomic mass is 10.1. The highest BCUT2D eigenvalue weighted by molar-refractivity contribution is 9.11. The summed E-state index contributed by atoms with van der Waals surface area (Å²) in [7, 11) is 8.73. The van der Waals surface area contributed by atoms with Crippen LogP contribution in [0.25, 0.3) is 90.2 Å². The van der Waals surface area contributed by atoms with E-state index >= 15 is 0 Å². The Balaban J connectivity index is 0.000000113. The molecule has 0 radical (unpaired) electrons. The fourth-order valence-corrected chi connectivity index (χ4v) is 22.7. The van der Waals surface area contributed by atoms with Crippen LogP contribution >= 0.6 is 63.7 Å². The minimum atomic E-state index is 0.742. The van der Waals surface area contributed by atoms with Gasteiger partial charge < -0.3 is 96.8 Å². The van der Waals surface area contributed by atoms with E-state index in [2.05, 4.69) is 328 Å². The summed E-state index contributed by atoms with van der Waals surface area (Å²) in [4.78, 5) is 90.7. The van der Waals surface area contributed by atoms with Gasteiger partial charge in [0.1, 0.15) is 68.4 Å². The molecule has 0 aliphatic carbocycles. The lowest BCUT2D eigenvalue weighted by molar-refractivity contribution is 0.242. The van der Waals surface area contributed by atoms with Gasteiger partial charge in [0.15, 0.2) is 22.6 Å². The van der Waals surface area contributed by atoms with Gasteiger partial charge in [-0.05, 0) is 217 Å². The Hall–Kier alpha value is -11.8. The summed E-state index contributed by atoms with van der Waals surface area (Å²) in [5, 5.41) is 16.6. The molecule has 0 bridgehead atoms. The van der Waals surface area contributed by atoms with Crippen LogP contribution in [-0.2, 0) is 26.2 Å². The van der Waals surface area contributed by atoms with E-state index in [1.54, 1.807) is 0 Å². The van der Waals surface area contributed by atoms with Gasteiger partial charge in [0, 0.05) is 330 Å². The van der Waals surface area contributed by atoms with Crippen LogP contribution < -0.4 is 39.2 Å². The van der Waals surface area contributed by atoms with Crippen LogP contribution in [0.15, 0.2) is 182 Å². The minimum Gasteiger partial charge on any atom is -0.369 e. The molecule has 8 saturated heterocycles. The molecule has 0 atom stereocenters. The monoisotopic (exact) mass is 2200 g/mol. The molecule has 0 unspecified atom stereocenters. The molecule has 0 saturated carbocycles. The molecule has 40 heteroatoms. The molecule has 20 heterocycles. The molecule has 0 amide bonds. The van der Waals surface area contributed by atoms with Crippen molar-refractivity contribution in [2.75, 3.05) is 277 Å². The number of hydrogen-bond acceptors (Lipinski definition) is 32. The number of halogens is 4. The number of aromatic amines is 4. The van der Waals surface area contributed by atoms with E-state index < -0.39 is 0 Å². The number of benzene rings is 4. The van der Waals surface area contributed by atoms with Crippen LogP contribution in [0.2, 0.25) is 0 Å². The number of likely N-dealkylation sites (N-methyl/N-ethyl adjacent to an activating group) is 4. The number of nitrogens with zero attached hydrogens (tertiary/aromatic N) is 28. The van der Waals surface area contributed by atoms with Crippen LogP contribution in [0.5, 0.6) is 0 Å². The van der Waals surface area contributed by atoms with Crippen molar-refractivity contribution < 1.29 is 18.1 Å². The highest BCUT2D eigenvalue weighted by atomic mass is 79.9. The van der Waals surface area contributed by atoms with Crippen molar-refractivity contribution in [3.05, 3.63) is 210 Å². The molecule has 24 rings (SSSR count). The van der Waals surface area contributed by atoms with Crippen LogP contribution in [0, 0.1) is 27.7 Å². The number of rotatable bonds is 20. The second kappa shape index (κ2) is 44.2. The Morgan fingerprint density at radius 3 is 0.597 bits per heavy atom. The van der Waals surface area contributed by atoms with Crippen LogP contribution in [0.4, 0.5) is 45.5 Å². The van der Waals surface area contributed by atoms with Gasteiger partial charge in [-0.1, -0.05) is 20.6 Å². The highest BCUT2D eigenvalue weighted by Gasteiger charge is 2.32. The molecule has 8 fully saturated rings. The number of piperazine rings is 8. The lowest BCUT2D eigenvalue weighted by Crippen LogP contribution is -2.46. The normalized spacial score (nSPS) is 17.9. The molecule has 8 aliphatic rings. The van der Waals surface area contributed by atoms with Crippen LogP contribution in [0.1, 0.15) is 45.8 Å². The first-order valence-electron chi connectivity index (χ1n) is 50.0. The maximum atomic E-state index is 5.22. The van der Waals surface area contributed by atoms with E-state index in [-0.39, 0.29) is 0 Å². The van der Waals surface area contributed by atoms with Crippen molar-refractivity contribution in [3.8, 4) is 45.6 Å². The Kier molecular flexibility index (Phi) is 30.2. The van der Waals surface area contributed by atoms with Gasteiger partial charge in [0.25, 0.3) is 0 Å². The second-order valence-corrected chi connectivity index (χ2v) is 42.5. The predicted molar refractivity (Wildman–Crippen MR) is 582 cm³/mol. The highest BCUT2D eigenvalue weighted by Crippen LogP contribution is 2.42. The second-order valence-electron chi connectivity index (χ2n) is 39.1. The lowest BCUT2D eigenvalue weighted by Gasteiger charge is -2.36. The Morgan fingerprint density at radius 1 is 0.243 bits per heavy atom. The van der Waals surface area contributed by atoms with Crippen LogP contribution in [0.3, 0.4) is 0 Å². The standard InChI is InChI=1S/4C26H31BrN8O/c4*1-18-15-20(31-36-18)17-33-9-13-35(14-10-33)24-22(27)16-28-26-23(24)29-25(30-26)19-3-5-21(6-4-19)34-11-7-32(2)8-12-34/h4*3-6,15-16H,7-14,17H2,1-2H3,(H,28,29,30). The first kappa shape index (κ1) is 98.2. The van der Waals surface area contributed by atoms with Gasteiger partial charge in [-0.3, -0.25) is 19.6 Å². The van der Waals surface area contributed by atoms with E-state index in [0.717, 1.165) is 412 Å². The number of aromatic nitrogens is 16. The van der Waals surface area contributed by atoms with Crippen molar-refractivity contribution in [3.63, 3.8) is 0 Å². The van der Waals surface area contributed by atoms with Crippen molar-refractivity contribution in [2.24, 2.45) is 0 Å². The predicted octanol–water partition coefficient (Wildman–Crippen LogP) is 15.0. The average molecular weight is 2210 g/mol. The summed E-state index contributed by atoms with van der Waals surface area (Å²) in [6.45, 7) is 43.3. The van der Waals surface area contributed by atoms with E-state index in [9.17, 15) is 0 Å². The number of H-pyrrole nitrogens is 4. The number of imidazole rings is 4. The Morgan fingerprint density at radius 2 is 0.424 bits per heavy atom. The zero-order valence-corrected chi connectivity index (χ0v) is 89.3. The molecule has 36 nitrogen and oxygen atoms in total. The van der Waals surface area contributed by atoms with E-state index in [1.165, 1.54) is 22.7 Å². The van der Waals surface area contributed by atoms with Crippen LogP contribution in [-0.4, -0.2) is 357 Å². The van der Waals surface area contributed by atoms with Gasteiger partial charge in [-0.15, -0.1) is 0 Å². The minimum absolute atomic E-state index is 0.742. The number of hydrogen-bond donors (Lipinski definition) is 4. The zero-order valence-electron chi connectivity index (χ0n) is 83.0. The largest absolute Gasteiger partial charge is 0.369 e. The molecular weight excluding hydrogens is 2080 g/mol. The maximum absolute atomic E-state index is 5.22. The zero-order chi connectivity index (χ0) is 98.6. The molecular formula is C104H124Br4N32O4. The summed E-state index contributed by atoms with van der Waals surface area (Å²) in [5.41, 5.74) is 24.7. The SMILES string of the molecule is Cc1cc(CN2CCN(c3c(Br)cnc4nc(-c5ccc(N6CCN(C)CC6)cc5)[nH]c34)CC2)no1.Cc1cc(CN2CCN(c3c(Br)cnc4nc(-c5ccc(N6CCN(C)CC6)cc5)[nH]c34)CC2)no1.Cc1cc(CN2CCN(c3c(Br)cnc4nc(-c5ccc(N6CCN(C)CC6)cc5)[nH]c34)CC2)no1.Cc1cc(CN2CCN(c3c(Br)cnc4nc(-c5ccc(N6CCN(C)CC6)cc5)[nH]c34)CC2)no1. The number of anilines is 8. The van der Waals surface area contributed by atoms with Crippen molar-refractivity contribution in [1.29, 1.82) is 0 Å². The van der Waals surface area contributed by atoms with Crippen molar-refractivity contribution >= 4 is 154 Å². The first-order valence-corrected chi connectivity index (χ1v) is 53.2. The van der Waals surface area contributed by atoms with Gasteiger partial charge in [-0.2, -0.15) is 0 Å². The van der Waals surface area contributed by atoms with E-state index in [4.69, 9.17) is 38.0 Å². The summed E-state index contributed by atoms with van der Waals surface area (Å²) in [6.07, 6.45) is 7.46. The average Bonchev–Trinajstić information content (AvgIpc) is 1.62. The third-order valence-corrected chi connectivity index (χ3v) is 31.2. The third-order valence-electron chi connectivity index (χ3n) is 28.8. The fourth-order valence-electron chi connectivity index (χ4n) is 20.5. The molecule has 4 aromatic carbocycles. The number of aryl methyl sites for hydroxylation is 4. The first-order chi connectivity index (χ1) is 70.1. The van der Waals surface area contributed by atoms with Gasteiger partial charge in [0.05, 0.1) is 63.4 Å². The van der Waals surface area contributed by atoms with Crippen molar-refractivity contribution in [1.82, 2.24) is 120 Å².